The van der Waals surface area contributed by atoms with Gasteiger partial charge in [0, 0.05) is 13.1 Å². The second kappa shape index (κ2) is 7.18. The summed E-state index contributed by atoms with van der Waals surface area (Å²) in [5.74, 6) is 0. The lowest BCUT2D eigenvalue weighted by molar-refractivity contribution is 0.0817. The van der Waals surface area contributed by atoms with Crippen LogP contribution < -0.4 is 0 Å². The number of piperidine rings is 1. The van der Waals surface area contributed by atoms with Crippen LogP contribution in [0.1, 0.15) is 38.5 Å². The molecule has 0 saturated carbocycles. The summed E-state index contributed by atoms with van der Waals surface area (Å²) in [5.41, 5.74) is 0. The molecule has 0 atom stereocenters. The zero-order valence-corrected chi connectivity index (χ0v) is 8.92. The van der Waals surface area contributed by atoms with Crippen LogP contribution in [0, 0.1) is 0 Å². The van der Waals surface area contributed by atoms with E-state index in [-0.39, 0.29) is 12.8 Å². The first kappa shape index (κ1) is 11.9. The van der Waals surface area contributed by atoms with Gasteiger partial charge in [-0.15, -0.1) is 0 Å². The first-order chi connectivity index (χ1) is 6.83. The van der Waals surface area contributed by atoms with Crippen LogP contribution in [0.3, 0.4) is 0 Å². The van der Waals surface area contributed by atoms with Gasteiger partial charge >= 0.3 is 0 Å². The Morgan fingerprint density at radius 3 is 2.36 bits per heavy atom. The van der Waals surface area contributed by atoms with E-state index in [4.69, 9.17) is 0 Å². The van der Waals surface area contributed by atoms with E-state index < -0.39 is 0 Å². The zero-order valence-electron chi connectivity index (χ0n) is 8.92. The SMILES string of the molecule is OC1CCN(CCCCCCF)CC1. The predicted octanol–water partition coefficient (Wildman–Crippen LogP) is 1.97. The molecule has 1 aliphatic heterocycles. The third kappa shape index (κ3) is 4.91. The number of aliphatic hydroxyl groups excluding tert-OH is 1. The molecule has 0 radical (unpaired) electrons. The molecule has 0 unspecified atom stereocenters. The van der Waals surface area contributed by atoms with Gasteiger partial charge in [0.1, 0.15) is 0 Å². The highest BCUT2D eigenvalue weighted by Crippen LogP contribution is 2.11. The van der Waals surface area contributed by atoms with Gasteiger partial charge in [-0.2, -0.15) is 0 Å². The fourth-order valence-corrected chi connectivity index (χ4v) is 1.93. The zero-order chi connectivity index (χ0) is 10.2. The molecule has 2 nitrogen and oxygen atoms in total. The summed E-state index contributed by atoms with van der Waals surface area (Å²) in [6.07, 6.45) is 5.83. The number of hydrogen-bond donors (Lipinski definition) is 1. The molecule has 3 heteroatoms. The average molecular weight is 203 g/mol. The molecule has 84 valence electrons. The highest BCUT2D eigenvalue weighted by atomic mass is 19.1. The first-order valence-corrected chi connectivity index (χ1v) is 5.79. The summed E-state index contributed by atoms with van der Waals surface area (Å²) >= 11 is 0. The Morgan fingerprint density at radius 1 is 1.07 bits per heavy atom. The number of alkyl halides is 1. The fourth-order valence-electron chi connectivity index (χ4n) is 1.93. The quantitative estimate of drug-likeness (QED) is 0.667. The van der Waals surface area contributed by atoms with Crippen molar-refractivity contribution in [2.45, 2.75) is 44.6 Å². The van der Waals surface area contributed by atoms with E-state index in [0.717, 1.165) is 51.7 Å². The molecular weight excluding hydrogens is 181 g/mol. The maximum absolute atomic E-state index is 11.8. The first-order valence-electron chi connectivity index (χ1n) is 5.79. The van der Waals surface area contributed by atoms with Crippen LogP contribution in [-0.2, 0) is 0 Å². The van der Waals surface area contributed by atoms with Crippen molar-refractivity contribution in [3.05, 3.63) is 0 Å². The average Bonchev–Trinajstić information content (AvgIpc) is 2.21. The maximum Gasteiger partial charge on any atom is 0.0894 e. The second-order valence-corrected chi connectivity index (χ2v) is 4.18. The summed E-state index contributed by atoms with van der Waals surface area (Å²) in [6, 6.07) is 0. The summed E-state index contributed by atoms with van der Waals surface area (Å²) in [7, 11) is 0. The van der Waals surface area contributed by atoms with E-state index >= 15 is 0 Å². The lowest BCUT2D eigenvalue weighted by Crippen LogP contribution is -2.36. The Labute approximate surface area is 86.1 Å². The topological polar surface area (TPSA) is 23.5 Å². The Morgan fingerprint density at radius 2 is 1.71 bits per heavy atom. The van der Waals surface area contributed by atoms with Gasteiger partial charge in [-0.3, -0.25) is 4.39 Å². The van der Waals surface area contributed by atoms with Crippen LogP contribution in [0.15, 0.2) is 0 Å². The van der Waals surface area contributed by atoms with Crippen molar-refractivity contribution in [2.24, 2.45) is 0 Å². The van der Waals surface area contributed by atoms with Crippen molar-refractivity contribution in [1.29, 1.82) is 0 Å². The van der Waals surface area contributed by atoms with Gasteiger partial charge in [-0.05, 0) is 32.2 Å². The molecule has 0 aromatic rings. The van der Waals surface area contributed by atoms with E-state index in [1.165, 1.54) is 6.42 Å². The lowest BCUT2D eigenvalue weighted by Gasteiger charge is -2.29. The van der Waals surface area contributed by atoms with Crippen molar-refractivity contribution in [1.82, 2.24) is 4.90 Å². The number of likely N-dealkylation sites (tertiary alicyclic amines) is 1. The van der Waals surface area contributed by atoms with Crippen LogP contribution in [-0.4, -0.2) is 42.4 Å². The molecular formula is C11H22FNO. The van der Waals surface area contributed by atoms with Gasteiger partial charge in [0.15, 0.2) is 0 Å². The molecule has 1 heterocycles. The van der Waals surface area contributed by atoms with E-state index in [1.54, 1.807) is 0 Å². The van der Waals surface area contributed by atoms with Gasteiger partial charge in [0.2, 0.25) is 0 Å². The third-order valence-corrected chi connectivity index (χ3v) is 2.92. The van der Waals surface area contributed by atoms with E-state index in [9.17, 15) is 9.50 Å². The molecule has 14 heavy (non-hydrogen) atoms. The van der Waals surface area contributed by atoms with Crippen LogP contribution in [0.4, 0.5) is 4.39 Å². The Hall–Kier alpha value is -0.150. The van der Waals surface area contributed by atoms with Crippen molar-refractivity contribution in [2.75, 3.05) is 26.3 Å². The monoisotopic (exact) mass is 203 g/mol. The Bertz CT molecular complexity index is 135. The molecule has 1 fully saturated rings. The minimum absolute atomic E-state index is 0.0715. The minimum Gasteiger partial charge on any atom is -0.393 e. The minimum atomic E-state index is -0.171. The highest BCUT2D eigenvalue weighted by Gasteiger charge is 2.15. The Kier molecular flexibility index (Phi) is 6.12. The molecule has 0 bridgehead atoms. The smallest absolute Gasteiger partial charge is 0.0894 e. The van der Waals surface area contributed by atoms with E-state index in [1.807, 2.05) is 0 Å². The third-order valence-electron chi connectivity index (χ3n) is 2.92. The molecule has 1 aliphatic rings. The van der Waals surface area contributed by atoms with Crippen LogP contribution in [0.2, 0.25) is 0 Å². The van der Waals surface area contributed by atoms with E-state index in [0.29, 0.717) is 0 Å². The van der Waals surface area contributed by atoms with Crippen LogP contribution in [0.5, 0.6) is 0 Å². The molecule has 1 rings (SSSR count). The Balaban J connectivity index is 1.91. The summed E-state index contributed by atoms with van der Waals surface area (Å²) in [5, 5.41) is 9.30. The molecule has 1 N–H and O–H groups in total. The molecule has 0 aliphatic carbocycles. The summed E-state index contributed by atoms with van der Waals surface area (Å²) in [6.45, 7) is 3.02. The molecule has 0 spiro atoms. The van der Waals surface area contributed by atoms with Gasteiger partial charge in [-0.1, -0.05) is 12.8 Å². The fraction of sp³-hybridized carbons (Fsp3) is 1.00. The largest absolute Gasteiger partial charge is 0.393 e. The highest BCUT2D eigenvalue weighted by molar-refractivity contribution is 4.70. The predicted molar refractivity (Wildman–Crippen MR) is 56.1 cm³/mol. The van der Waals surface area contributed by atoms with Crippen molar-refractivity contribution in [3.8, 4) is 0 Å². The number of halogens is 1. The van der Waals surface area contributed by atoms with Gasteiger partial charge in [0.25, 0.3) is 0 Å². The summed E-state index contributed by atoms with van der Waals surface area (Å²) < 4.78 is 11.8. The van der Waals surface area contributed by atoms with Crippen LogP contribution >= 0.6 is 0 Å². The maximum atomic E-state index is 11.8. The normalized spacial score (nSPS) is 20.1. The van der Waals surface area contributed by atoms with Crippen molar-refractivity contribution >= 4 is 0 Å². The number of nitrogens with zero attached hydrogens (tertiary/aromatic N) is 1. The molecule has 0 aromatic heterocycles. The van der Waals surface area contributed by atoms with Crippen molar-refractivity contribution < 1.29 is 9.50 Å². The molecule has 0 aromatic carbocycles. The van der Waals surface area contributed by atoms with Crippen molar-refractivity contribution in [3.63, 3.8) is 0 Å². The standard InChI is InChI=1S/C11H22FNO/c12-7-3-1-2-4-8-13-9-5-11(14)6-10-13/h11,14H,1-10H2. The van der Waals surface area contributed by atoms with Gasteiger partial charge in [-0.25, -0.2) is 0 Å². The summed E-state index contributed by atoms with van der Waals surface area (Å²) in [4.78, 5) is 2.40. The number of unbranched alkanes of at least 4 members (excludes halogenated alkanes) is 3. The van der Waals surface area contributed by atoms with Gasteiger partial charge in [0.05, 0.1) is 12.8 Å². The second-order valence-electron chi connectivity index (χ2n) is 4.18. The van der Waals surface area contributed by atoms with Gasteiger partial charge < -0.3 is 10.0 Å². The number of rotatable bonds is 6. The molecule has 0 amide bonds. The lowest BCUT2D eigenvalue weighted by atomic mass is 10.1. The van der Waals surface area contributed by atoms with E-state index in [2.05, 4.69) is 4.90 Å². The number of hydrogen-bond acceptors (Lipinski definition) is 2. The number of aliphatic hydroxyl groups is 1. The van der Waals surface area contributed by atoms with Crippen LogP contribution in [0.25, 0.3) is 0 Å². The molecule has 1 saturated heterocycles.